The number of anilines is 1. The predicted molar refractivity (Wildman–Crippen MR) is 69.5 cm³/mol. The fourth-order valence-corrected chi connectivity index (χ4v) is 3.64. The van der Waals surface area contributed by atoms with E-state index in [2.05, 4.69) is 0 Å². The van der Waals surface area contributed by atoms with Crippen molar-refractivity contribution in [1.82, 2.24) is 4.31 Å². The average Bonchev–Trinajstić information content (AvgIpc) is 2.98. The zero-order chi connectivity index (χ0) is 12.8. The lowest BCUT2D eigenvalue weighted by atomic mass is 10.1. The van der Waals surface area contributed by atoms with Gasteiger partial charge in [-0.1, -0.05) is 17.7 Å². The minimum absolute atomic E-state index is 0.636. The van der Waals surface area contributed by atoms with Crippen LogP contribution in [0.4, 0.5) is 5.69 Å². The zero-order valence-corrected chi connectivity index (χ0v) is 11.5. The zero-order valence-electron chi connectivity index (χ0n) is 10.7. The Bertz CT molecular complexity index is 525. The first kappa shape index (κ1) is 12.4. The Balaban J connectivity index is 2.47. The van der Waals surface area contributed by atoms with Crippen LogP contribution in [0.5, 0.6) is 0 Å². The summed E-state index contributed by atoms with van der Waals surface area (Å²) < 4.78 is 27.1. The standard InChI is InChI=1S/C12H18N2O2S/c1-9-7-10(2)12(11(3)8-9)13(4)17(15,16)14-5-6-14/h7-8H,5-6H2,1-4H3. The second-order valence-electron chi connectivity index (χ2n) is 4.62. The van der Waals surface area contributed by atoms with Gasteiger partial charge in [0.1, 0.15) is 0 Å². The van der Waals surface area contributed by atoms with E-state index >= 15 is 0 Å². The highest BCUT2D eigenvalue weighted by molar-refractivity contribution is 7.90. The molecule has 0 saturated carbocycles. The van der Waals surface area contributed by atoms with Crippen LogP contribution >= 0.6 is 0 Å². The molecule has 1 aliphatic heterocycles. The van der Waals surface area contributed by atoms with E-state index in [4.69, 9.17) is 0 Å². The molecule has 0 aromatic heterocycles. The van der Waals surface area contributed by atoms with E-state index in [1.54, 1.807) is 7.05 Å². The molecule has 5 heteroatoms. The Morgan fingerprint density at radius 1 is 1.12 bits per heavy atom. The third kappa shape index (κ3) is 2.17. The number of nitrogens with zero attached hydrogens (tertiary/aromatic N) is 2. The molecule has 1 aromatic rings. The number of aryl methyl sites for hydroxylation is 3. The Labute approximate surface area is 103 Å². The van der Waals surface area contributed by atoms with Crippen LogP contribution < -0.4 is 4.31 Å². The second kappa shape index (κ2) is 3.99. The van der Waals surface area contributed by atoms with E-state index in [1.165, 1.54) is 8.61 Å². The van der Waals surface area contributed by atoms with Crippen LogP contribution in [0.1, 0.15) is 16.7 Å². The van der Waals surface area contributed by atoms with Gasteiger partial charge < -0.3 is 0 Å². The molecule has 0 aliphatic carbocycles. The van der Waals surface area contributed by atoms with Gasteiger partial charge in [0, 0.05) is 20.1 Å². The van der Waals surface area contributed by atoms with Crippen molar-refractivity contribution in [3.05, 3.63) is 28.8 Å². The van der Waals surface area contributed by atoms with Crippen LogP contribution in [0.15, 0.2) is 12.1 Å². The van der Waals surface area contributed by atoms with Crippen LogP contribution in [0.3, 0.4) is 0 Å². The quantitative estimate of drug-likeness (QED) is 0.769. The third-order valence-corrected chi connectivity index (χ3v) is 4.92. The molecule has 0 spiro atoms. The Kier molecular flexibility index (Phi) is 2.91. The summed E-state index contributed by atoms with van der Waals surface area (Å²) in [5.41, 5.74) is 3.94. The van der Waals surface area contributed by atoms with Gasteiger partial charge in [-0.3, -0.25) is 4.31 Å². The maximum atomic E-state index is 12.1. The summed E-state index contributed by atoms with van der Waals surface area (Å²) in [4.78, 5) is 0. The summed E-state index contributed by atoms with van der Waals surface area (Å²) in [6, 6.07) is 4.02. The molecule has 17 heavy (non-hydrogen) atoms. The molecular weight excluding hydrogens is 236 g/mol. The fourth-order valence-electron chi connectivity index (χ4n) is 2.23. The molecule has 1 heterocycles. The smallest absolute Gasteiger partial charge is 0.260 e. The average molecular weight is 254 g/mol. The van der Waals surface area contributed by atoms with E-state index in [1.807, 2.05) is 32.9 Å². The number of rotatable bonds is 3. The number of benzene rings is 1. The van der Waals surface area contributed by atoms with E-state index < -0.39 is 10.2 Å². The molecular formula is C12H18N2O2S. The van der Waals surface area contributed by atoms with Crippen molar-refractivity contribution >= 4 is 15.9 Å². The van der Waals surface area contributed by atoms with Crippen LogP contribution in [0.2, 0.25) is 0 Å². The Morgan fingerprint density at radius 3 is 2.00 bits per heavy atom. The monoisotopic (exact) mass is 254 g/mol. The van der Waals surface area contributed by atoms with Gasteiger partial charge in [0.15, 0.2) is 0 Å². The van der Waals surface area contributed by atoms with Crippen molar-refractivity contribution < 1.29 is 8.42 Å². The second-order valence-corrected chi connectivity index (χ2v) is 6.58. The minimum Gasteiger partial charge on any atom is -0.260 e. The minimum atomic E-state index is -3.31. The van der Waals surface area contributed by atoms with Gasteiger partial charge in [0.05, 0.1) is 5.69 Å². The summed E-state index contributed by atoms with van der Waals surface area (Å²) in [6.45, 7) is 7.18. The van der Waals surface area contributed by atoms with Crippen LogP contribution in [-0.2, 0) is 10.2 Å². The molecule has 1 saturated heterocycles. The van der Waals surface area contributed by atoms with Crippen molar-refractivity contribution in [3.63, 3.8) is 0 Å². The van der Waals surface area contributed by atoms with Gasteiger partial charge in [-0.15, -0.1) is 0 Å². The van der Waals surface area contributed by atoms with Gasteiger partial charge in [0.25, 0.3) is 0 Å². The number of hydrogen-bond donors (Lipinski definition) is 0. The molecule has 0 atom stereocenters. The van der Waals surface area contributed by atoms with Crippen molar-refractivity contribution in [1.29, 1.82) is 0 Å². The molecule has 4 nitrogen and oxygen atoms in total. The first-order valence-corrected chi connectivity index (χ1v) is 7.05. The molecule has 0 radical (unpaired) electrons. The normalized spacial score (nSPS) is 16.0. The molecule has 1 aliphatic rings. The molecule has 1 fully saturated rings. The number of hydrogen-bond acceptors (Lipinski definition) is 2. The third-order valence-electron chi connectivity index (χ3n) is 3.03. The van der Waals surface area contributed by atoms with Crippen LogP contribution in [0.25, 0.3) is 0 Å². The maximum Gasteiger partial charge on any atom is 0.303 e. The van der Waals surface area contributed by atoms with Crippen molar-refractivity contribution in [3.8, 4) is 0 Å². The fraction of sp³-hybridized carbons (Fsp3) is 0.500. The van der Waals surface area contributed by atoms with Crippen molar-refractivity contribution in [2.45, 2.75) is 20.8 Å². The molecule has 0 unspecified atom stereocenters. The lowest BCUT2D eigenvalue weighted by Crippen LogP contribution is -2.33. The van der Waals surface area contributed by atoms with E-state index in [-0.39, 0.29) is 0 Å². The molecule has 2 rings (SSSR count). The topological polar surface area (TPSA) is 40.4 Å². The highest BCUT2D eigenvalue weighted by atomic mass is 32.2. The highest BCUT2D eigenvalue weighted by Crippen LogP contribution is 2.29. The van der Waals surface area contributed by atoms with E-state index in [0.717, 1.165) is 22.4 Å². The molecule has 0 bridgehead atoms. The van der Waals surface area contributed by atoms with Gasteiger partial charge in [-0.05, 0) is 31.9 Å². The largest absolute Gasteiger partial charge is 0.303 e. The van der Waals surface area contributed by atoms with Gasteiger partial charge in [0.2, 0.25) is 0 Å². The van der Waals surface area contributed by atoms with Gasteiger partial charge >= 0.3 is 10.2 Å². The summed E-state index contributed by atoms with van der Waals surface area (Å²) in [7, 11) is -1.69. The maximum absolute atomic E-state index is 12.1. The Hall–Kier alpha value is -1.07. The summed E-state index contributed by atoms with van der Waals surface area (Å²) in [5, 5.41) is 0. The summed E-state index contributed by atoms with van der Waals surface area (Å²) >= 11 is 0. The van der Waals surface area contributed by atoms with Crippen LogP contribution in [0, 0.1) is 20.8 Å². The summed E-state index contributed by atoms with van der Waals surface area (Å²) in [6.07, 6.45) is 0. The predicted octanol–water partition coefficient (Wildman–Crippen LogP) is 1.61. The molecule has 0 N–H and O–H groups in total. The van der Waals surface area contributed by atoms with Gasteiger partial charge in [-0.2, -0.15) is 12.7 Å². The molecule has 1 aromatic carbocycles. The lowest BCUT2D eigenvalue weighted by molar-refractivity contribution is 0.561. The molecule has 94 valence electrons. The SMILES string of the molecule is Cc1cc(C)c(N(C)S(=O)(=O)N2CC2)c(C)c1. The molecule has 0 amide bonds. The van der Waals surface area contributed by atoms with E-state index in [0.29, 0.717) is 13.1 Å². The highest BCUT2D eigenvalue weighted by Gasteiger charge is 2.36. The van der Waals surface area contributed by atoms with Crippen LogP contribution in [-0.4, -0.2) is 32.9 Å². The van der Waals surface area contributed by atoms with Crippen molar-refractivity contribution in [2.24, 2.45) is 0 Å². The Morgan fingerprint density at radius 2 is 1.59 bits per heavy atom. The first-order valence-electron chi connectivity index (χ1n) is 5.66. The van der Waals surface area contributed by atoms with Crippen molar-refractivity contribution in [2.75, 3.05) is 24.4 Å². The first-order chi connectivity index (χ1) is 7.84. The summed E-state index contributed by atoms with van der Waals surface area (Å²) in [5.74, 6) is 0. The van der Waals surface area contributed by atoms with Gasteiger partial charge in [-0.25, -0.2) is 0 Å². The lowest BCUT2D eigenvalue weighted by Gasteiger charge is -2.23. The van der Waals surface area contributed by atoms with E-state index in [9.17, 15) is 8.42 Å².